The smallest absolute Gasteiger partial charge is 0.333 e. The standard InChI is InChI=1S/C20H22N4O3S/c1-5-27-20(26)18(22-19(25)16-11-28-14(4)21-16)17-12(2)23-24(13(17)3)15-9-7-6-8-10-15/h6-11,18H,5H2,1-4H3,(H,22,25). The summed E-state index contributed by atoms with van der Waals surface area (Å²) >= 11 is 1.38. The van der Waals surface area contributed by atoms with E-state index < -0.39 is 17.9 Å². The first-order valence-corrected chi connectivity index (χ1v) is 9.81. The number of carbonyl (C=O) groups excluding carboxylic acids is 2. The SMILES string of the molecule is CCOC(=O)C(NC(=O)c1csc(C)n1)c1c(C)nn(-c2ccccc2)c1C. The number of nitrogens with one attached hydrogen (secondary N) is 1. The Hall–Kier alpha value is -3.00. The lowest BCUT2D eigenvalue weighted by Gasteiger charge is -2.18. The molecule has 0 bridgehead atoms. The number of hydrogen-bond acceptors (Lipinski definition) is 6. The van der Waals surface area contributed by atoms with Crippen molar-refractivity contribution in [3.63, 3.8) is 0 Å². The molecule has 0 spiro atoms. The third-order valence-corrected chi connectivity index (χ3v) is 5.06. The average Bonchev–Trinajstić information content (AvgIpc) is 3.24. The van der Waals surface area contributed by atoms with Crippen LogP contribution in [0.1, 0.15) is 45.4 Å². The summed E-state index contributed by atoms with van der Waals surface area (Å²) in [7, 11) is 0. The summed E-state index contributed by atoms with van der Waals surface area (Å²) in [6.07, 6.45) is 0. The van der Waals surface area contributed by atoms with Gasteiger partial charge in [-0.2, -0.15) is 5.10 Å². The Morgan fingerprint density at radius 3 is 2.54 bits per heavy atom. The van der Waals surface area contributed by atoms with Crippen LogP contribution in [0.2, 0.25) is 0 Å². The van der Waals surface area contributed by atoms with Crippen LogP contribution >= 0.6 is 11.3 Å². The fraction of sp³-hybridized carbons (Fsp3) is 0.300. The van der Waals surface area contributed by atoms with Gasteiger partial charge in [0.2, 0.25) is 0 Å². The molecule has 1 amide bonds. The van der Waals surface area contributed by atoms with Crippen molar-refractivity contribution in [1.82, 2.24) is 20.1 Å². The molecule has 3 rings (SSSR count). The number of ether oxygens (including phenoxy) is 1. The molecule has 2 heterocycles. The largest absolute Gasteiger partial charge is 0.464 e. The molecule has 0 aliphatic heterocycles. The van der Waals surface area contributed by atoms with E-state index in [-0.39, 0.29) is 12.3 Å². The van der Waals surface area contributed by atoms with Gasteiger partial charge in [-0.3, -0.25) is 4.79 Å². The molecule has 1 atom stereocenters. The third-order valence-electron chi connectivity index (χ3n) is 4.29. The maximum Gasteiger partial charge on any atom is 0.333 e. The molecular formula is C20H22N4O3S. The number of aryl methyl sites for hydroxylation is 2. The van der Waals surface area contributed by atoms with Gasteiger partial charge in [-0.15, -0.1) is 11.3 Å². The van der Waals surface area contributed by atoms with Gasteiger partial charge in [0.25, 0.3) is 5.91 Å². The number of aromatic nitrogens is 3. The number of nitrogens with zero attached hydrogens (tertiary/aromatic N) is 3. The Labute approximate surface area is 167 Å². The summed E-state index contributed by atoms with van der Waals surface area (Å²) in [6, 6.07) is 8.65. The van der Waals surface area contributed by atoms with Crippen LogP contribution in [0.25, 0.3) is 5.69 Å². The van der Waals surface area contributed by atoms with E-state index in [0.717, 1.165) is 16.4 Å². The number of hydrogen-bond donors (Lipinski definition) is 1. The number of thiazole rings is 1. The van der Waals surface area contributed by atoms with E-state index in [9.17, 15) is 9.59 Å². The highest BCUT2D eigenvalue weighted by molar-refractivity contribution is 7.09. The van der Waals surface area contributed by atoms with Crippen molar-refractivity contribution >= 4 is 23.2 Å². The predicted octanol–water partition coefficient (Wildman–Crippen LogP) is 3.29. The Bertz CT molecular complexity index is 994. The molecule has 0 aliphatic rings. The van der Waals surface area contributed by atoms with Gasteiger partial charge in [-0.25, -0.2) is 14.5 Å². The van der Waals surface area contributed by atoms with Crippen LogP contribution in [0.3, 0.4) is 0 Å². The monoisotopic (exact) mass is 398 g/mol. The van der Waals surface area contributed by atoms with Crippen molar-refractivity contribution in [2.24, 2.45) is 0 Å². The van der Waals surface area contributed by atoms with Crippen LogP contribution in [0.15, 0.2) is 35.7 Å². The summed E-state index contributed by atoms with van der Waals surface area (Å²) in [5.41, 5.74) is 3.19. The van der Waals surface area contributed by atoms with Gasteiger partial charge in [0, 0.05) is 16.6 Å². The minimum absolute atomic E-state index is 0.214. The number of amides is 1. The minimum Gasteiger partial charge on any atom is -0.464 e. The van der Waals surface area contributed by atoms with E-state index in [2.05, 4.69) is 15.4 Å². The Kier molecular flexibility index (Phi) is 5.89. The first-order chi connectivity index (χ1) is 13.4. The summed E-state index contributed by atoms with van der Waals surface area (Å²) < 4.78 is 6.98. The zero-order valence-electron chi connectivity index (χ0n) is 16.2. The normalized spacial score (nSPS) is 11.9. The molecule has 1 aromatic carbocycles. The van der Waals surface area contributed by atoms with Crippen LogP contribution in [-0.2, 0) is 9.53 Å². The lowest BCUT2D eigenvalue weighted by atomic mass is 10.0. The first kappa shape index (κ1) is 19.8. The lowest BCUT2D eigenvalue weighted by molar-refractivity contribution is -0.145. The van der Waals surface area contributed by atoms with Crippen LogP contribution in [0, 0.1) is 20.8 Å². The topological polar surface area (TPSA) is 86.1 Å². The van der Waals surface area contributed by atoms with Crippen molar-refractivity contribution in [2.75, 3.05) is 6.61 Å². The minimum atomic E-state index is -0.966. The molecule has 28 heavy (non-hydrogen) atoms. The fourth-order valence-electron chi connectivity index (χ4n) is 3.04. The first-order valence-electron chi connectivity index (χ1n) is 8.93. The molecule has 1 unspecified atom stereocenters. The maximum atomic E-state index is 12.7. The summed E-state index contributed by atoms with van der Waals surface area (Å²) in [5.74, 6) is -0.949. The molecule has 0 saturated heterocycles. The number of carbonyl (C=O) groups is 2. The van der Waals surface area contributed by atoms with Crippen molar-refractivity contribution < 1.29 is 14.3 Å². The van der Waals surface area contributed by atoms with Crippen LogP contribution in [0.4, 0.5) is 0 Å². The second-order valence-electron chi connectivity index (χ2n) is 6.24. The Morgan fingerprint density at radius 2 is 1.93 bits per heavy atom. The van der Waals surface area contributed by atoms with Gasteiger partial charge < -0.3 is 10.1 Å². The number of benzene rings is 1. The van der Waals surface area contributed by atoms with Gasteiger partial charge in [0.05, 0.1) is 23.0 Å². The number of esters is 1. The van der Waals surface area contributed by atoms with E-state index in [1.165, 1.54) is 11.3 Å². The molecule has 8 heteroatoms. The van der Waals surface area contributed by atoms with Gasteiger partial charge in [0.1, 0.15) is 5.69 Å². The molecule has 146 valence electrons. The van der Waals surface area contributed by atoms with Crippen LogP contribution in [0.5, 0.6) is 0 Å². The lowest BCUT2D eigenvalue weighted by Crippen LogP contribution is -2.35. The molecule has 7 nitrogen and oxygen atoms in total. The van der Waals surface area contributed by atoms with E-state index in [4.69, 9.17) is 4.74 Å². The Balaban J connectivity index is 2.00. The molecule has 0 radical (unpaired) electrons. The second kappa shape index (κ2) is 8.35. The van der Waals surface area contributed by atoms with Gasteiger partial charge in [-0.1, -0.05) is 18.2 Å². The van der Waals surface area contributed by atoms with E-state index >= 15 is 0 Å². The summed E-state index contributed by atoms with van der Waals surface area (Å²) in [5, 5.41) is 9.79. The van der Waals surface area contributed by atoms with Crippen LogP contribution in [-0.4, -0.2) is 33.2 Å². The van der Waals surface area contributed by atoms with Crippen molar-refractivity contribution in [3.8, 4) is 5.69 Å². The molecular weight excluding hydrogens is 376 g/mol. The van der Waals surface area contributed by atoms with E-state index in [1.807, 2.05) is 51.1 Å². The molecule has 0 fully saturated rings. The van der Waals surface area contributed by atoms with Crippen LogP contribution < -0.4 is 5.32 Å². The number of para-hydroxylation sites is 1. The average molecular weight is 398 g/mol. The highest BCUT2D eigenvalue weighted by atomic mass is 32.1. The maximum absolute atomic E-state index is 12.7. The van der Waals surface area contributed by atoms with Gasteiger partial charge in [0.15, 0.2) is 6.04 Å². The summed E-state index contributed by atoms with van der Waals surface area (Å²) in [4.78, 5) is 29.5. The molecule has 1 N–H and O–H groups in total. The highest BCUT2D eigenvalue weighted by Crippen LogP contribution is 2.26. The van der Waals surface area contributed by atoms with E-state index in [0.29, 0.717) is 11.3 Å². The van der Waals surface area contributed by atoms with Crippen molar-refractivity contribution in [2.45, 2.75) is 33.7 Å². The van der Waals surface area contributed by atoms with Crippen molar-refractivity contribution in [1.29, 1.82) is 0 Å². The quantitative estimate of drug-likeness (QED) is 0.644. The number of rotatable bonds is 6. The predicted molar refractivity (Wildman–Crippen MR) is 107 cm³/mol. The van der Waals surface area contributed by atoms with Gasteiger partial charge in [-0.05, 0) is 39.8 Å². The molecule has 3 aromatic rings. The third kappa shape index (κ3) is 3.96. The highest BCUT2D eigenvalue weighted by Gasteiger charge is 2.31. The second-order valence-corrected chi connectivity index (χ2v) is 7.30. The molecule has 0 aliphatic carbocycles. The fourth-order valence-corrected chi connectivity index (χ4v) is 3.63. The zero-order valence-corrected chi connectivity index (χ0v) is 17.0. The molecule has 2 aromatic heterocycles. The molecule has 0 saturated carbocycles. The Morgan fingerprint density at radius 1 is 1.21 bits per heavy atom. The van der Waals surface area contributed by atoms with Gasteiger partial charge >= 0.3 is 5.97 Å². The summed E-state index contributed by atoms with van der Waals surface area (Å²) in [6.45, 7) is 7.45. The zero-order chi connectivity index (χ0) is 20.3. The van der Waals surface area contributed by atoms with E-state index in [1.54, 1.807) is 17.0 Å². The van der Waals surface area contributed by atoms with Crippen molar-refractivity contribution in [3.05, 3.63) is 63.4 Å².